The largest absolute Gasteiger partial charge is 0.325 e. The highest BCUT2D eigenvalue weighted by molar-refractivity contribution is 7.89. The maximum atomic E-state index is 12.9. The van der Waals surface area contributed by atoms with Gasteiger partial charge in [-0.2, -0.15) is 4.31 Å². The molecule has 6 nitrogen and oxygen atoms in total. The predicted molar refractivity (Wildman–Crippen MR) is 135 cm³/mol. The Morgan fingerprint density at radius 2 is 1.53 bits per heavy atom. The molecule has 0 aliphatic rings. The molecule has 0 radical (unpaired) electrons. The zero-order valence-corrected chi connectivity index (χ0v) is 21.1. The first-order chi connectivity index (χ1) is 15.9. The molecule has 3 aromatic rings. The first-order valence-electron chi connectivity index (χ1n) is 10.6. The average Bonchev–Trinajstić information content (AvgIpc) is 2.78. The van der Waals surface area contributed by atoms with E-state index in [1.807, 2.05) is 12.1 Å². The number of hydrogen-bond acceptors (Lipinski definition) is 4. The van der Waals surface area contributed by atoms with Crippen LogP contribution >= 0.6 is 11.6 Å². The fourth-order valence-corrected chi connectivity index (χ4v) is 4.55. The molecule has 0 unspecified atom stereocenters. The highest BCUT2D eigenvalue weighted by atomic mass is 35.5. The number of anilines is 1. The fraction of sp³-hybridized carbons (Fsp3) is 0.231. The predicted octanol–water partition coefficient (Wildman–Crippen LogP) is 5.13. The van der Waals surface area contributed by atoms with E-state index in [0.29, 0.717) is 21.8 Å². The van der Waals surface area contributed by atoms with Crippen molar-refractivity contribution in [3.05, 3.63) is 94.5 Å². The lowest BCUT2D eigenvalue weighted by atomic mass is 9.86. The lowest BCUT2D eigenvalue weighted by Crippen LogP contribution is -2.35. The van der Waals surface area contributed by atoms with Gasteiger partial charge in [-0.05, 0) is 47.4 Å². The molecule has 0 saturated carbocycles. The molecule has 0 saturated heterocycles. The second kappa shape index (κ2) is 10.1. The molecule has 1 N–H and O–H groups in total. The summed E-state index contributed by atoms with van der Waals surface area (Å²) in [6.45, 7) is 5.92. The molecule has 0 aromatic heterocycles. The minimum Gasteiger partial charge on any atom is -0.325 e. The fourth-order valence-electron chi connectivity index (χ4n) is 3.30. The van der Waals surface area contributed by atoms with Gasteiger partial charge in [0.2, 0.25) is 15.9 Å². The van der Waals surface area contributed by atoms with Crippen LogP contribution < -0.4 is 5.32 Å². The van der Waals surface area contributed by atoms with Gasteiger partial charge in [-0.25, -0.2) is 8.42 Å². The number of rotatable bonds is 7. The monoisotopic (exact) mass is 498 g/mol. The molecule has 0 atom stereocenters. The third-order valence-corrected chi connectivity index (χ3v) is 7.38. The van der Waals surface area contributed by atoms with Gasteiger partial charge in [-0.1, -0.05) is 68.8 Å². The minimum atomic E-state index is -3.86. The Morgan fingerprint density at radius 1 is 0.912 bits per heavy atom. The molecule has 1 amide bonds. The van der Waals surface area contributed by atoms with Crippen molar-refractivity contribution in [1.29, 1.82) is 0 Å². The Morgan fingerprint density at radius 3 is 2.12 bits per heavy atom. The highest BCUT2D eigenvalue weighted by Crippen LogP contribution is 2.23. The summed E-state index contributed by atoms with van der Waals surface area (Å²) in [6, 6.07) is 19.7. The van der Waals surface area contributed by atoms with E-state index < -0.39 is 22.5 Å². The first-order valence-corrected chi connectivity index (χ1v) is 12.5. The molecule has 0 fully saturated rings. The number of carbonyl (C=O) groups excluding carboxylic acids is 2. The summed E-state index contributed by atoms with van der Waals surface area (Å²) in [5, 5.41) is 3.08. The Hall–Kier alpha value is -3.00. The number of halogens is 1. The number of sulfonamides is 1. The van der Waals surface area contributed by atoms with Crippen LogP contribution in [-0.2, 0) is 20.2 Å². The summed E-state index contributed by atoms with van der Waals surface area (Å²) in [4.78, 5) is 25.5. The van der Waals surface area contributed by atoms with Crippen LogP contribution in [0.1, 0.15) is 42.3 Å². The normalized spacial score (nSPS) is 11.9. The molecule has 0 bridgehead atoms. The second-order valence-electron chi connectivity index (χ2n) is 9.00. The topological polar surface area (TPSA) is 83.6 Å². The lowest BCUT2D eigenvalue weighted by Gasteiger charge is -2.19. The third-order valence-electron chi connectivity index (χ3n) is 5.31. The molecular weight excluding hydrogens is 472 g/mol. The van der Waals surface area contributed by atoms with Crippen LogP contribution in [0, 0.1) is 0 Å². The minimum absolute atomic E-state index is 0.0139. The molecule has 0 spiro atoms. The lowest BCUT2D eigenvalue weighted by molar-refractivity contribution is -0.116. The third kappa shape index (κ3) is 6.11. The number of likely N-dealkylation sites (N-methyl/N-ethyl adjacent to an activating group) is 1. The molecule has 8 heteroatoms. The number of hydrogen-bond donors (Lipinski definition) is 1. The van der Waals surface area contributed by atoms with E-state index in [-0.39, 0.29) is 16.1 Å². The van der Waals surface area contributed by atoms with Crippen molar-refractivity contribution in [3.8, 4) is 0 Å². The van der Waals surface area contributed by atoms with E-state index in [4.69, 9.17) is 11.6 Å². The Bertz CT molecular complexity index is 1300. The molecule has 0 aliphatic carbocycles. The van der Waals surface area contributed by atoms with Crippen LogP contribution in [0.3, 0.4) is 0 Å². The SMILES string of the molecule is CN(CC(=O)Nc1cccc(C(=O)c2ccc(C(C)(C)C)cc2)c1)S(=O)(=O)c1ccc(Cl)cc1. The van der Waals surface area contributed by atoms with Gasteiger partial charge in [0.05, 0.1) is 11.4 Å². The van der Waals surface area contributed by atoms with Gasteiger partial charge in [-0.15, -0.1) is 0 Å². The van der Waals surface area contributed by atoms with Crippen molar-refractivity contribution in [1.82, 2.24) is 4.31 Å². The second-order valence-corrected chi connectivity index (χ2v) is 11.5. The molecular formula is C26H27ClN2O4S. The van der Waals surface area contributed by atoms with E-state index in [2.05, 4.69) is 26.1 Å². The van der Waals surface area contributed by atoms with Crippen molar-refractivity contribution in [2.75, 3.05) is 18.9 Å². The summed E-state index contributed by atoms with van der Waals surface area (Å²) in [5.74, 6) is -0.696. The van der Waals surface area contributed by atoms with Gasteiger partial charge >= 0.3 is 0 Å². The smallest absolute Gasteiger partial charge is 0.243 e. The molecule has 34 heavy (non-hydrogen) atoms. The van der Waals surface area contributed by atoms with Gasteiger partial charge in [0.1, 0.15) is 0 Å². The first kappa shape index (κ1) is 25.6. The van der Waals surface area contributed by atoms with Crippen molar-refractivity contribution in [2.45, 2.75) is 31.1 Å². The molecule has 3 aromatic carbocycles. The Labute approximate surface area is 205 Å². The zero-order chi connectivity index (χ0) is 25.1. The number of nitrogens with zero attached hydrogens (tertiary/aromatic N) is 1. The molecule has 0 heterocycles. The van der Waals surface area contributed by atoms with Gasteiger partial charge in [0, 0.05) is 28.9 Å². The van der Waals surface area contributed by atoms with E-state index in [1.165, 1.54) is 31.3 Å². The van der Waals surface area contributed by atoms with Gasteiger partial charge in [0.25, 0.3) is 0 Å². The van der Waals surface area contributed by atoms with Gasteiger partial charge in [-0.3, -0.25) is 9.59 Å². The number of carbonyl (C=O) groups is 2. The van der Waals surface area contributed by atoms with Crippen LogP contribution in [0.25, 0.3) is 0 Å². The molecule has 0 aliphatic heterocycles. The van der Waals surface area contributed by atoms with Crippen molar-refractivity contribution in [2.24, 2.45) is 0 Å². The van der Waals surface area contributed by atoms with E-state index >= 15 is 0 Å². The standard InChI is InChI=1S/C26H27ClN2O4S/c1-26(2,3)20-10-8-18(9-11-20)25(31)19-6-5-7-22(16-19)28-24(30)17-29(4)34(32,33)23-14-12-21(27)13-15-23/h5-16H,17H2,1-4H3,(H,28,30). The van der Waals surface area contributed by atoms with Crippen LogP contribution in [0.4, 0.5) is 5.69 Å². The summed E-state index contributed by atoms with van der Waals surface area (Å²) < 4.78 is 26.3. The summed E-state index contributed by atoms with van der Waals surface area (Å²) in [6.07, 6.45) is 0. The number of ketones is 1. The Kier molecular flexibility index (Phi) is 7.60. The van der Waals surface area contributed by atoms with Crippen LogP contribution in [0.2, 0.25) is 5.02 Å². The van der Waals surface area contributed by atoms with Crippen LogP contribution in [-0.4, -0.2) is 38.0 Å². The summed E-state index contributed by atoms with van der Waals surface area (Å²) >= 11 is 5.82. The van der Waals surface area contributed by atoms with Gasteiger partial charge in [0.15, 0.2) is 5.78 Å². The van der Waals surface area contributed by atoms with Crippen LogP contribution in [0.15, 0.2) is 77.7 Å². The number of nitrogens with one attached hydrogen (secondary N) is 1. The average molecular weight is 499 g/mol. The van der Waals surface area contributed by atoms with E-state index in [0.717, 1.165) is 9.87 Å². The van der Waals surface area contributed by atoms with Crippen molar-refractivity contribution >= 4 is 39.0 Å². The molecule has 3 rings (SSSR count). The summed E-state index contributed by atoms with van der Waals surface area (Å²) in [5.41, 5.74) is 2.48. The van der Waals surface area contributed by atoms with Crippen molar-refractivity contribution in [3.63, 3.8) is 0 Å². The quantitative estimate of drug-likeness (QED) is 0.458. The maximum absolute atomic E-state index is 12.9. The van der Waals surface area contributed by atoms with Crippen LogP contribution in [0.5, 0.6) is 0 Å². The van der Waals surface area contributed by atoms with Crippen molar-refractivity contribution < 1.29 is 18.0 Å². The highest BCUT2D eigenvalue weighted by Gasteiger charge is 2.23. The Balaban J connectivity index is 1.69. The maximum Gasteiger partial charge on any atom is 0.243 e. The van der Waals surface area contributed by atoms with Gasteiger partial charge < -0.3 is 5.32 Å². The number of amides is 1. The zero-order valence-electron chi connectivity index (χ0n) is 19.5. The molecule has 178 valence electrons. The summed E-state index contributed by atoms with van der Waals surface area (Å²) in [7, 11) is -2.53. The number of benzene rings is 3. The van der Waals surface area contributed by atoms with E-state index in [1.54, 1.807) is 36.4 Å². The van der Waals surface area contributed by atoms with E-state index in [9.17, 15) is 18.0 Å².